The molecule has 0 saturated heterocycles. The molecule has 0 aromatic heterocycles. The van der Waals surface area contributed by atoms with Crippen LogP contribution in [0.15, 0.2) is 0 Å². The van der Waals surface area contributed by atoms with Gasteiger partial charge in [0.25, 0.3) is 0 Å². The van der Waals surface area contributed by atoms with Crippen molar-refractivity contribution in [3.05, 3.63) is 0 Å². The van der Waals surface area contributed by atoms with Gasteiger partial charge in [0.2, 0.25) is 0 Å². The minimum Gasteiger partial charge on any atom is -1.00 e. The van der Waals surface area contributed by atoms with Crippen molar-refractivity contribution in [1.29, 1.82) is 0 Å². The zero-order valence-electron chi connectivity index (χ0n) is 10.2. The molecule has 0 fully saturated rings. The minimum atomic E-state index is -0.452. The molecule has 0 aliphatic heterocycles. The molecule has 0 rings (SSSR count). The summed E-state index contributed by atoms with van der Waals surface area (Å²) in [6.45, 7) is 5.98. The molecule has 0 spiro atoms. The number of hydrogen-bond donors (Lipinski definition) is 1. The van der Waals surface area contributed by atoms with E-state index in [1.807, 2.05) is 13.8 Å². The van der Waals surface area contributed by atoms with Gasteiger partial charge in [-0.15, -0.1) is 0 Å². The molecule has 0 radical (unpaired) electrons. The van der Waals surface area contributed by atoms with E-state index in [-0.39, 0.29) is 31.0 Å². The van der Waals surface area contributed by atoms with Crippen LogP contribution in [0, 0.1) is 0 Å². The van der Waals surface area contributed by atoms with Crippen molar-refractivity contribution in [2.45, 2.75) is 64.9 Å². The summed E-state index contributed by atoms with van der Waals surface area (Å²) in [6, 6.07) is 0. The molecular formula is C10H23NaO. The first-order valence-corrected chi connectivity index (χ1v) is 4.78. The number of rotatable bonds is 6. The Kier molecular flexibility index (Phi) is 11.0. The molecule has 0 aromatic carbocycles. The molecule has 0 atom stereocenters. The monoisotopic (exact) mass is 182 g/mol. The van der Waals surface area contributed by atoms with Crippen LogP contribution in [0.3, 0.4) is 0 Å². The maximum absolute atomic E-state index is 9.37. The molecule has 0 amide bonds. The van der Waals surface area contributed by atoms with Gasteiger partial charge in [-0.1, -0.05) is 39.0 Å². The molecule has 70 valence electrons. The van der Waals surface area contributed by atoms with Crippen LogP contribution in [0.4, 0.5) is 0 Å². The summed E-state index contributed by atoms with van der Waals surface area (Å²) in [7, 11) is 0. The van der Waals surface area contributed by atoms with Crippen molar-refractivity contribution in [1.82, 2.24) is 0 Å². The van der Waals surface area contributed by atoms with E-state index in [9.17, 15) is 5.11 Å². The molecule has 0 aliphatic carbocycles. The third-order valence-corrected chi connectivity index (χ3v) is 1.89. The van der Waals surface area contributed by atoms with E-state index in [1.54, 1.807) is 0 Å². The Morgan fingerprint density at radius 3 is 2.00 bits per heavy atom. The molecule has 0 saturated carbocycles. The van der Waals surface area contributed by atoms with Gasteiger partial charge < -0.3 is 6.53 Å². The van der Waals surface area contributed by atoms with E-state index in [4.69, 9.17) is 0 Å². The third kappa shape index (κ3) is 13.5. The van der Waals surface area contributed by atoms with Gasteiger partial charge in [0.1, 0.15) is 0 Å². The van der Waals surface area contributed by atoms with Crippen LogP contribution in [0.1, 0.15) is 60.7 Å². The molecule has 0 unspecified atom stereocenters. The average Bonchev–Trinajstić information content (AvgIpc) is 1.85. The summed E-state index contributed by atoms with van der Waals surface area (Å²) in [4.78, 5) is 0. The fraction of sp³-hybridized carbons (Fsp3) is 1.00. The summed E-state index contributed by atoms with van der Waals surface area (Å²) in [5, 5.41) is 9.37. The zero-order chi connectivity index (χ0) is 8.74. The Morgan fingerprint density at radius 2 is 1.58 bits per heavy atom. The third-order valence-electron chi connectivity index (χ3n) is 1.89. The fourth-order valence-electron chi connectivity index (χ4n) is 1.16. The fourth-order valence-corrected chi connectivity index (χ4v) is 1.16. The van der Waals surface area contributed by atoms with E-state index >= 15 is 0 Å². The maximum Gasteiger partial charge on any atom is 1.00 e. The summed E-state index contributed by atoms with van der Waals surface area (Å²) in [6.07, 6.45) is 7.35. The van der Waals surface area contributed by atoms with Gasteiger partial charge in [-0.2, -0.15) is 0 Å². The van der Waals surface area contributed by atoms with Crippen molar-refractivity contribution >= 4 is 0 Å². The first kappa shape index (κ1) is 15.4. The van der Waals surface area contributed by atoms with E-state index < -0.39 is 5.60 Å². The van der Waals surface area contributed by atoms with E-state index in [1.165, 1.54) is 32.1 Å². The van der Waals surface area contributed by atoms with E-state index in [2.05, 4.69) is 6.92 Å². The normalized spacial score (nSPS) is 11.0. The summed E-state index contributed by atoms with van der Waals surface area (Å²) in [5.74, 6) is 0. The summed E-state index contributed by atoms with van der Waals surface area (Å²) < 4.78 is 0. The average molecular weight is 182 g/mol. The van der Waals surface area contributed by atoms with Crippen molar-refractivity contribution in [2.24, 2.45) is 0 Å². The number of hydrogen-bond acceptors (Lipinski definition) is 1. The van der Waals surface area contributed by atoms with E-state index in [0.717, 1.165) is 6.42 Å². The van der Waals surface area contributed by atoms with Crippen LogP contribution in [0.5, 0.6) is 0 Å². The smallest absolute Gasteiger partial charge is 1.00 e. The van der Waals surface area contributed by atoms with Gasteiger partial charge in [-0.3, -0.25) is 0 Å². The largest absolute Gasteiger partial charge is 1.00 e. The van der Waals surface area contributed by atoms with Crippen LogP contribution < -0.4 is 29.6 Å². The molecule has 0 aliphatic rings. The van der Waals surface area contributed by atoms with Crippen molar-refractivity contribution < 1.29 is 36.1 Å². The second-order valence-corrected chi connectivity index (χ2v) is 3.98. The minimum absolute atomic E-state index is 0. The first-order chi connectivity index (χ1) is 5.06. The Bertz CT molecular complexity index is 91.4. The number of unbranched alkanes of at least 4 members (excludes halogenated alkanes) is 4. The molecule has 1 N–H and O–H groups in total. The second kappa shape index (κ2) is 8.55. The van der Waals surface area contributed by atoms with Crippen LogP contribution in [-0.2, 0) is 0 Å². The Morgan fingerprint density at radius 1 is 1.08 bits per heavy atom. The Balaban J connectivity index is -0.000000500. The predicted octanol–water partition coefficient (Wildman–Crippen LogP) is 0.234. The van der Waals surface area contributed by atoms with Crippen LogP contribution >= 0.6 is 0 Å². The zero-order valence-corrected chi connectivity index (χ0v) is 11.2. The standard InChI is InChI=1S/C10H22O.Na.H/c1-4-5-6-7-8-9-10(2,3)11;;/h11H,4-9H2,1-3H3;;/q;+1;-1. The first-order valence-electron chi connectivity index (χ1n) is 4.78. The van der Waals surface area contributed by atoms with Crippen molar-refractivity contribution in [3.63, 3.8) is 0 Å². The molecule has 0 heterocycles. The molecule has 12 heavy (non-hydrogen) atoms. The van der Waals surface area contributed by atoms with Crippen LogP contribution in [0.2, 0.25) is 0 Å². The van der Waals surface area contributed by atoms with Gasteiger partial charge in [0.15, 0.2) is 0 Å². The van der Waals surface area contributed by atoms with Gasteiger partial charge >= 0.3 is 29.6 Å². The van der Waals surface area contributed by atoms with Gasteiger partial charge in [-0.25, -0.2) is 0 Å². The van der Waals surface area contributed by atoms with E-state index in [0.29, 0.717) is 0 Å². The molecule has 0 aromatic rings. The van der Waals surface area contributed by atoms with Gasteiger partial charge in [-0.05, 0) is 20.3 Å². The quantitative estimate of drug-likeness (QED) is 0.461. The molecule has 0 bridgehead atoms. The topological polar surface area (TPSA) is 20.2 Å². The van der Waals surface area contributed by atoms with Gasteiger partial charge in [0.05, 0.1) is 5.60 Å². The van der Waals surface area contributed by atoms with Crippen molar-refractivity contribution in [2.75, 3.05) is 0 Å². The van der Waals surface area contributed by atoms with Crippen molar-refractivity contribution in [3.8, 4) is 0 Å². The van der Waals surface area contributed by atoms with Crippen LogP contribution in [0.25, 0.3) is 0 Å². The molecule has 1 nitrogen and oxygen atoms in total. The SMILES string of the molecule is CCCCCCCC(C)(C)O.[H-].[Na+]. The van der Waals surface area contributed by atoms with Gasteiger partial charge in [0, 0.05) is 0 Å². The molecule has 2 heteroatoms. The number of aliphatic hydroxyl groups is 1. The van der Waals surface area contributed by atoms with Crippen LogP contribution in [-0.4, -0.2) is 10.7 Å². The summed E-state index contributed by atoms with van der Waals surface area (Å²) >= 11 is 0. The summed E-state index contributed by atoms with van der Waals surface area (Å²) in [5.41, 5.74) is -0.452. The second-order valence-electron chi connectivity index (χ2n) is 3.98. The predicted molar refractivity (Wildman–Crippen MR) is 50.8 cm³/mol. The molecular weight excluding hydrogens is 159 g/mol. The Labute approximate surface area is 101 Å². The maximum atomic E-state index is 9.37. The Hall–Kier alpha value is 0.960.